The highest BCUT2D eigenvalue weighted by molar-refractivity contribution is 6.62. The lowest BCUT2D eigenvalue weighted by atomic mass is 9.78. The van der Waals surface area contributed by atoms with Crippen molar-refractivity contribution in [2.45, 2.75) is 104 Å². The molecular formula is C34H46B2F2N2O8. The van der Waals surface area contributed by atoms with Gasteiger partial charge in [-0.1, -0.05) is 12.1 Å². The van der Waals surface area contributed by atoms with E-state index < -0.39 is 78.2 Å². The summed E-state index contributed by atoms with van der Waals surface area (Å²) in [6.45, 7) is 19.2. The molecule has 14 heteroatoms. The summed E-state index contributed by atoms with van der Waals surface area (Å²) in [7, 11) is -1.90. The van der Waals surface area contributed by atoms with Gasteiger partial charge in [0.15, 0.2) is 0 Å². The zero-order valence-corrected chi connectivity index (χ0v) is 29.7. The van der Waals surface area contributed by atoms with Gasteiger partial charge in [0.1, 0.15) is 23.8 Å². The second-order valence-electron chi connectivity index (χ2n) is 15.2. The molecule has 0 unspecified atom stereocenters. The zero-order valence-electron chi connectivity index (χ0n) is 29.7. The number of amides is 2. The summed E-state index contributed by atoms with van der Waals surface area (Å²) in [5.74, 6) is -3.33. The van der Waals surface area contributed by atoms with E-state index in [0.29, 0.717) is 0 Å². The smallest absolute Gasteiger partial charge is 0.459 e. The van der Waals surface area contributed by atoms with Crippen LogP contribution in [0.5, 0.6) is 0 Å². The monoisotopic (exact) mass is 670 g/mol. The van der Waals surface area contributed by atoms with Gasteiger partial charge in [0.25, 0.3) is 11.8 Å². The number of hydrogen-bond acceptors (Lipinski definition) is 8. The third-order valence-corrected chi connectivity index (χ3v) is 9.22. The molecule has 0 aromatic heterocycles. The Labute approximate surface area is 282 Å². The van der Waals surface area contributed by atoms with E-state index in [1.165, 1.54) is 24.3 Å². The number of esters is 1. The Hall–Kier alpha value is -3.32. The lowest BCUT2D eigenvalue weighted by Crippen LogP contribution is -2.43. The van der Waals surface area contributed by atoms with Crippen molar-refractivity contribution in [3.05, 3.63) is 59.2 Å². The fourth-order valence-corrected chi connectivity index (χ4v) is 5.02. The lowest BCUT2D eigenvalue weighted by Gasteiger charge is -2.32. The first kappa shape index (κ1) is 37.5. The summed E-state index contributed by atoms with van der Waals surface area (Å²) >= 11 is 0. The topological polar surface area (TPSA) is 113 Å². The predicted octanol–water partition coefficient (Wildman–Crippen LogP) is 3.78. The van der Waals surface area contributed by atoms with Crippen LogP contribution in [0, 0.1) is 11.6 Å². The lowest BCUT2D eigenvalue weighted by molar-refractivity contribution is -0.155. The average Bonchev–Trinajstić information content (AvgIpc) is 3.29. The maximum atomic E-state index is 15.4. The fraction of sp³-hybridized carbons (Fsp3) is 0.559. The molecule has 2 aliphatic rings. The number of rotatable bonds is 9. The number of ether oxygens (including phenoxy) is 1. The van der Waals surface area contributed by atoms with Crippen LogP contribution in [0.15, 0.2) is 36.4 Å². The van der Waals surface area contributed by atoms with Crippen LogP contribution < -0.4 is 16.2 Å². The minimum Gasteiger partial charge on any atom is -0.459 e. The Morgan fingerprint density at radius 2 is 1.17 bits per heavy atom. The van der Waals surface area contributed by atoms with E-state index in [4.69, 9.17) is 23.4 Å². The van der Waals surface area contributed by atoms with E-state index in [2.05, 4.69) is 5.32 Å². The summed E-state index contributed by atoms with van der Waals surface area (Å²) in [6.07, 6.45) is 0. The van der Waals surface area contributed by atoms with E-state index in [9.17, 15) is 14.4 Å². The first-order valence-corrected chi connectivity index (χ1v) is 16.0. The molecule has 0 saturated carbocycles. The maximum absolute atomic E-state index is 15.4. The van der Waals surface area contributed by atoms with Gasteiger partial charge >= 0.3 is 20.2 Å². The van der Waals surface area contributed by atoms with Crippen molar-refractivity contribution in [2.75, 3.05) is 19.6 Å². The molecule has 0 spiro atoms. The molecule has 260 valence electrons. The molecule has 4 rings (SSSR count). The molecule has 0 atom stereocenters. The molecule has 2 aromatic rings. The van der Waals surface area contributed by atoms with Crippen molar-refractivity contribution in [3.63, 3.8) is 0 Å². The van der Waals surface area contributed by atoms with Crippen LogP contribution in [0.2, 0.25) is 0 Å². The van der Waals surface area contributed by atoms with Gasteiger partial charge in [-0.2, -0.15) is 0 Å². The summed E-state index contributed by atoms with van der Waals surface area (Å²) in [5.41, 5.74) is -3.20. The first-order chi connectivity index (χ1) is 21.9. The summed E-state index contributed by atoms with van der Waals surface area (Å²) in [6, 6.07) is 7.88. The highest BCUT2D eigenvalue weighted by Gasteiger charge is 2.53. The number of benzene rings is 2. The van der Waals surface area contributed by atoms with Crippen LogP contribution in [0.4, 0.5) is 8.78 Å². The molecule has 10 nitrogen and oxygen atoms in total. The predicted molar refractivity (Wildman–Crippen MR) is 178 cm³/mol. The fourth-order valence-electron chi connectivity index (χ4n) is 5.02. The van der Waals surface area contributed by atoms with Crippen molar-refractivity contribution < 1.29 is 46.5 Å². The Morgan fingerprint density at radius 3 is 1.58 bits per heavy atom. The number of nitrogens with zero attached hydrogens (tertiary/aromatic N) is 1. The molecule has 0 radical (unpaired) electrons. The molecule has 2 fully saturated rings. The summed E-state index contributed by atoms with van der Waals surface area (Å²) in [5, 5.41) is 2.65. The molecular weight excluding hydrogens is 624 g/mol. The minimum atomic E-state index is -0.969. The number of carbonyl (C=O) groups is 3. The molecule has 1 N–H and O–H groups in total. The van der Waals surface area contributed by atoms with Crippen molar-refractivity contribution >= 4 is 42.9 Å². The van der Waals surface area contributed by atoms with Gasteiger partial charge < -0.3 is 33.6 Å². The van der Waals surface area contributed by atoms with Crippen LogP contribution in [0.1, 0.15) is 96.9 Å². The van der Waals surface area contributed by atoms with E-state index in [0.717, 1.165) is 17.0 Å². The zero-order chi connectivity index (χ0) is 36.0. The van der Waals surface area contributed by atoms with E-state index in [1.807, 2.05) is 55.4 Å². The molecule has 0 bridgehead atoms. The largest absolute Gasteiger partial charge is 0.497 e. The highest BCUT2D eigenvalue weighted by atomic mass is 19.1. The Balaban J connectivity index is 1.45. The summed E-state index contributed by atoms with van der Waals surface area (Å²) in [4.78, 5) is 40.4. The minimum absolute atomic E-state index is 0.0250. The number of carbonyl (C=O) groups excluding carboxylic acids is 3. The van der Waals surface area contributed by atoms with Gasteiger partial charge in [-0.05, 0) is 100 Å². The van der Waals surface area contributed by atoms with Crippen molar-refractivity contribution in [3.8, 4) is 0 Å². The third kappa shape index (κ3) is 8.10. The van der Waals surface area contributed by atoms with Crippen molar-refractivity contribution in [1.82, 2.24) is 10.2 Å². The van der Waals surface area contributed by atoms with E-state index in [-0.39, 0.29) is 35.1 Å². The number of hydrogen-bond donors (Lipinski definition) is 1. The molecule has 2 aromatic carbocycles. The van der Waals surface area contributed by atoms with Gasteiger partial charge in [-0.25, -0.2) is 8.78 Å². The van der Waals surface area contributed by atoms with Gasteiger partial charge in [0.2, 0.25) is 0 Å². The average molecular weight is 670 g/mol. The van der Waals surface area contributed by atoms with Gasteiger partial charge in [-0.15, -0.1) is 0 Å². The number of halogens is 2. The molecule has 2 saturated heterocycles. The molecule has 2 heterocycles. The van der Waals surface area contributed by atoms with Gasteiger partial charge in [-0.3, -0.25) is 14.4 Å². The Kier molecular flexibility index (Phi) is 10.3. The van der Waals surface area contributed by atoms with Crippen molar-refractivity contribution in [1.29, 1.82) is 0 Å². The normalized spacial score (nSPS) is 19.3. The van der Waals surface area contributed by atoms with Gasteiger partial charge in [0, 0.05) is 35.1 Å². The molecule has 48 heavy (non-hydrogen) atoms. The second-order valence-corrected chi connectivity index (χ2v) is 15.2. The Bertz CT molecular complexity index is 1540. The maximum Gasteiger partial charge on any atom is 0.497 e. The van der Waals surface area contributed by atoms with Crippen LogP contribution >= 0.6 is 0 Å². The highest BCUT2D eigenvalue weighted by Crippen LogP contribution is 2.37. The third-order valence-electron chi connectivity index (χ3n) is 9.22. The van der Waals surface area contributed by atoms with E-state index >= 15 is 8.78 Å². The van der Waals surface area contributed by atoms with Crippen LogP contribution in [0.3, 0.4) is 0 Å². The second kappa shape index (κ2) is 13.2. The van der Waals surface area contributed by atoms with E-state index in [1.54, 1.807) is 20.8 Å². The van der Waals surface area contributed by atoms with Gasteiger partial charge in [0.05, 0.1) is 22.4 Å². The Morgan fingerprint density at radius 1 is 0.750 bits per heavy atom. The molecule has 2 amide bonds. The SMILES string of the molecule is CC(C)(C)OC(=O)CN(CCNC(=O)c1ccc(B2OC(C)(C)C(C)(C)O2)c(F)c1)C(=O)c1ccc(B2OC(C)(C)C(C)(C)O2)c(F)c1. The van der Waals surface area contributed by atoms with Crippen LogP contribution in [-0.4, -0.2) is 84.6 Å². The van der Waals surface area contributed by atoms with Crippen LogP contribution in [0.25, 0.3) is 0 Å². The quantitative estimate of drug-likeness (QED) is 0.317. The van der Waals surface area contributed by atoms with Crippen molar-refractivity contribution in [2.24, 2.45) is 0 Å². The first-order valence-electron chi connectivity index (χ1n) is 16.0. The number of nitrogens with one attached hydrogen (secondary N) is 1. The van der Waals surface area contributed by atoms with Crippen LogP contribution in [-0.2, 0) is 28.1 Å². The molecule has 2 aliphatic heterocycles. The standard InChI is InChI=1S/C34H46B2F2N2O8/c1-30(2,3)44-27(41)20-40(29(43)22-13-15-24(26(38)19-22)36-47-33(8,9)34(10,11)48-36)17-16-39-28(42)21-12-14-23(25(37)18-21)35-45-31(4,5)32(6,7)46-35/h12-15,18-19H,16-17,20H2,1-11H3,(H,39,42). The molecule has 0 aliphatic carbocycles. The summed E-state index contributed by atoms with van der Waals surface area (Å²) < 4.78 is 59.7.